The van der Waals surface area contributed by atoms with Crippen LogP contribution in [0.1, 0.15) is 12.0 Å². The summed E-state index contributed by atoms with van der Waals surface area (Å²) in [5, 5.41) is 8.71. The van der Waals surface area contributed by atoms with Crippen LogP contribution in [0.3, 0.4) is 0 Å². The molecule has 0 saturated heterocycles. The van der Waals surface area contributed by atoms with Crippen molar-refractivity contribution in [3.8, 4) is 6.07 Å². The predicted octanol–water partition coefficient (Wildman–Crippen LogP) is -0.305. The van der Waals surface area contributed by atoms with E-state index < -0.39 is 11.2 Å². The van der Waals surface area contributed by atoms with Crippen LogP contribution in [-0.4, -0.2) is 19.1 Å². The van der Waals surface area contributed by atoms with Crippen molar-refractivity contribution in [1.82, 2.24) is 19.1 Å². The first kappa shape index (κ1) is 11.9. The van der Waals surface area contributed by atoms with Gasteiger partial charge in [0.15, 0.2) is 0 Å². The fourth-order valence-corrected chi connectivity index (χ4v) is 1.60. The summed E-state index contributed by atoms with van der Waals surface area (Å²) in [4.78, 5) is 28.7. The molecule has 0 aliphatic heterocycles. The third-order valence-corrected chi connectivity index (χ3v) is 2.51. The first-order valence-electron chi connectivity index (χ1n) is 5.40. The van der Waals surface area contributed by atoms with Crippen molar-refractivity contribution in [3.63, 3.8) is 0 Å². The normalized spacial score (nSPS) is 10.2. The van der Waals surface area contributed by atoms with Crippen LogP contribution >= 0.6 is 0 Å². The van der Waals surface area contributed by atoms with E-state index in [-0.39, 0.29) is 5.56 Å². The van der Waals surface area contributed by atoms with Gasteiger partial charge in [0.05, 0.1) is 6.33 Å². The van der Waals surface area contributed by atoms with E-state index in [4.69, 9.17) is 5.26 Å². The molecule has 0 atom stereocenters. The van der Waals surface area contributed by atoms with Crippen molar-refractivity contribution in [3.05, 3.63) is 51.3 Å². The lowest BCUT2D eigenvalue weighted by Gasteiger charge is -2.05. The standard InChI is InChI=1S/C11H11N5O2/c12-6-9-7-16(11(18)14-10(9)17)4-1-3-15-5-2-13-8-15/h2,5,7-8H,1,3-4H2,(H,14,17,18). The molecule has 0 amide bonds. The molecule has 0 fully saturated rings. The highest BCUT2D eigenvalue weighted by Crippen LogP contribution is 1.93. The Balaban J connectivity index is 2.08. The zero-order chi connectivity index (χ0) is 13.0. The van der Waals surface area contributed by atoms with E-state index in [0.717, 1.165) is 0 Å². The van der Waals surface area contributed by atoms with Crippen molar-refractivity contribution >= 4 is 0 Å². The van der Waals surface area contributed by atoms with Crippen LogP contribution in [-0.2, 0) is 13.1 Å². The maximum Gasteiger partial charge on any atom is 0.328 e. The second-order valence-electron chi connectivity index (χ2n) is 3.76. The van der Waals surface area contributed by atoms with Crippen molar-refractivity contribution in [2.75, 3.05) is 0 Å². The van der Waals surface area contributed by atoms with Gasteiger partial charge in [-0.1, -0.05) is 0 Å². The smallest absolute Gasteiger partial charge is 0.328 e. The molecule has 0 saturated carbocycles. The number of imidazole rings is 1. The van der Waals surface area contributed by atoms with Crippen LogP contribution in [0.25, 0.3) is 0 Å². The Morgan fingerprint density at radius 2 is 2.22 bits per heavy atom. The lowest BCUT2D eigenvalue weighted by Crippen LogP contribution is -2.31. The summed E-state index contributed by atoms with van der Waals surface area (Å²) in [6, 6.07) is 1.75. The molecule has 0 radical (unpaired) electrons. The highest BCUT2D eigenvalue weighted by atomic mass is 16.2. The summed E-state index contributed by atoms with van der Waals surface area (Å²) in [7, 11) is 0. The average Bonchev–Trinajstić information content (AvgIpc) is 2.85. The molecule has 0 aliphatic carbocycles. The van der Waals surface area contributed by atoms with Crippen LogP contribution < -0.4 is 11.2 Å². The van der Waals surface area contributed by atoms with Gasteiger partial charge in [0.1, 0.15) is 11.6 Å². The molecule has 0 bridgehead atoms. The molecule has 2 aromatic heterocycles. The van der Waals surface area contributed by atoms with Crippen molar-refractivity contribution in [2.24, 2.45) is 0 Å². The number of aryl methyl sites for hydroxylation is 2. The van der Waals surface area contributed by atoms with Gasteiger partial charge in [-0.15, -0.1) is 0 Å². The third kappa shape index (κ3) is 2.55. The molecular weight excluding hydrogens is 234 g/mol. The minimum atomic E-state index is -0.645. The molecular formula is C11H11N5O2. The number of H-pyrrole nitrogens is 1. The second kappa shape index (κ2) is 5.14. The number of hydrogen-bond acceptors (Lipinski definition) is 4. The van der Waals surface area contributed by atoms with Crippen LogP contribution in [0.15, 0.2) is 34.5 Å². The quantitative estimate of drug-likeness (QED) is 0.799. The van der Waals surface area contributed by atoms with E-state index in [1.165, 1.54) is 10.8 Å². The third-order valence-electron chi connectivity index (χ3n) is 2.51. The molecule has 7 heteroatoms. The minimum absolute atomic E-state index is 0.0581. The summed E-state index contributed by atoms with van der Waals surface area (Å²) in [6.07, 6.45) is 7.19. The van der Waals surface area contributed by atoms with Gasteiger partial charge < -0.3 is 4.57 Å². The summed E-state index contributed by atoms with van der Waals surface area (Å²) in [5.74, 6) is 0. The Labute approximate surface area is 102 Å². The first-order valence-corrected chi connectivity index (χ1v) is 5.40. The molecule has 2 rings (SSSR count). The molecule has 0 spiro atoms. The highest BCUT2D eigenvalue weighted by molar-refractivity contribution is 5.21. The zero-order valence-electron chi connectivity index (χ0n) is 9.54. The van der Waals surface area contributed by atoms with Crippen molar-refractivity contribution in [1.29, 1.82) is 5.26 Å². The van der Waals surface area contributed by atoms with Crippen LogP contribution in [0.2, 0.25) is 0 Å². The molecule has 92 valence electrons. The number of hydrogen-bond donors (Lipinski definition) is 1. The van der Waals surface area contributed by atoms with Crippen molar-refractivity contribution in [2.45, 2.75) is 19.5 Å². The fraction of sp³-hybridized carbons (Fsp3) is 0.273. The lowest BCUT2D eigenvalue weighted by molar-refractivity contribution is 0.543. The van der Waals surface area contributed by atoms with Crippen molar-refractivity contribution < 1.29 is 0 Å². The Kier molecular flexibility index (Phi) is 3.38. The molecule has 18 heavy (non-hydrogen) atoms. The van der Waals surface area contributed by atoms with Gasteiger partial charge >= 0.3 is 5.69 Å². The number of nitrogens with one attached hydrogen (secondary N) is 1. The lowest BCUT2D eigenvalue weighted by atomic mass is 10.3. The molecule has 1 N–H and O–H groups in total. The largest absolute Gasteiger partial charge is 0.337 e. The summed E-state index contributed by atoms with van der Waals surface area (Å²) in [5.41, 5.74) is -1.20. The minimum Gasteiger partial charge on any atom is -0.337 e. The zero-order valence-corrected chi connectivity index (χ0v) is 9.54. The van der Waals surface area contributed by atoms with Gasteiger partial charge in [-0.05, 0) is 6.42 Å². The van der Waals surface area contributed by atoms with Crippen LogP contribution in [0.4, 0.5) is 0 Å². The second-order valence-corrected chi connectivity index (χ2v) is 3.76. The molecule has 0 unspecified atom stereocenters. The fourth-order valence-electron chi connectivity index (χ4n) is 1.60. The van der Waals surface area contributed by atoms with Crippen LogP contribution in [0.5, 0.6) is 0 Å². The van der Waals surface area contributed by atoms with Gasteiger partial charge in [-0.25, -0.2) is 9.78 Å². The van der Waals surface area contributed by atoms with Gasteiger partial charge in [0.2, 0.25) is 0 Å². The van der Waals surface area contributed by atoms with E-state index in [2.05, 4.69) is 9.97 Å². The predicted molar refractivity (Wildman–Crippen MR) is 62.9 cm³/mol. The van der Waals surface area contributed by atoms with E-state index >= 15 is 0 Å². The number of aromatic nitrogens is 4. The first-order chi connectivity index (χ1) is 8.70. The average molecular weight is 245 g/mol. The Morgan fingerprint density at radius 1 is 1.39 bits per heavy atom. The highest BCUT2D eigenvalue weighted by Gasteiger charge is 2.03. The van der Waals surface area contributed by atoms with Crippen LogP contribution in [0, 0.1) is 11.3 Å². The topological polar surface area (TPSA) is 96.5 Å². The van der Waals surface area contributed by atoms with E-state index in [1.807, 2.05) is 10.8 Å². The molecule has 2 aromatic rings. The van der Waals surface area contributed by atoms with E-state index in [9.17, 15) is 9.59 Å². The van der Waals surface area contributed by atoms with Gasteiger partial charge in [-0.2, -0.15) is 5.26 Å². The molecule has 0 aliphatic rings. The van der Waals surface area contributed by atoms with Gasteiger partial charge in [0.25, 0.3) is 5.56 Å². The summed E-state index contributed by atoms with van der Waals surface area (Å²) < 4.78 is 3.22. The Hall–Kier alpha value is -2.62. The van der Waals surface area contributed by atoms with Gasteiger partial charge in [0, 0.05) is 31.7 Å². The monoisotopic (exact) mass is 245 g/mol. The van der Waals surface area contributed by atoms with E-state index in [1.54, 1.807) is 18.6 Å². The van der Waals surface area contributed by atoms with Gasteiger partial charge in [-0.3, -0.25) is 14.3 Å². The number of aromatic amines is 1. The molecule has 2 heterocycles. The number of rotatable bonds is 4. The Bertz CT molecular complexity index is 675. The van der Waals surface area contributed by atoms with E-state index in [0.29, 0.717) is 19.5 Å². The maximum atomic E-state index is 11.5. The molecule has 7 nitrogen and oxygen atoms in total. The Morgan fingerprint density at radius 3 is 2.89 bits per heavy atom. The molecule has 0 aromatic carbocycles. The maximum absolute atomic E-state index is 11.5. The number of nitrogens with zero attached hydrogens (tertiary/aromatic N) is 4. The summed E-state index contributed by atoms with van der Waals surface area (Å²) >= 11 is 0. The SMILES string of the molecule is N#Cc1cn(CCCn2ccnc2)c(=O)[nH]c1=O. The number of nitriles is 1. The summed E-state index contributed by atoms with van der Waals surface area (Å²) in [6.45, 7) is 1.15.